The number of carbonyl (C=O) groups excluding carboxylic acids is 1. The number of ether oxygens (including phenoxy) is 3. The molecule has 1 fully saturated rings. The zero-order chi connectivity index (χ0) is 24.2. The smallest absolute Gasteiger partial charge is 0.255 e. The first-order valence-electron chi connectivity index (χ1n) is 10.8. The van der Waals surface area contributed by atoms with E-state index in [0.717, 1.165) is 11.4 Å². The molecule has 0 aliphatic carbocycles. The van der Waals surface area contributed by atoms with Gasteiger partial charge < -0.3 is 19.5 Å². The number of rotatable bonds is 9. The Kier molecular flexibility index (Phi) is 7.98. The second-order valence-corrected chi connectivity index (χ2v) is 10.1. The maximum absolute atomic E-state index is 13.2. The lowest BCUT2D eigenvalue weighted by atomic mass is 10.1. The Morgan fingerprint density at radius 3 is 2.45 bits per heavy atom. The summed E-state index contributed by atoms with van der Waals surface area (Å²) in [6, 6.07) is 4.72. The third-order valence-electron chi connectivity index (χ3n) is 5.50. The maximum atomic E-state index is 13.2. The van der Waals surface area contributed by atoms with Gasteiger partial charge in [-0.3, -0.25) is 9.48 Å². The normalized spacial score (nSPS) is 15.8. The number of methoxy groups -OCH3 is 2. The topological polar surface area (TPSA) is 112 Å². The molecular formula is C22H32N4O6S. The molecule has 2 heterocycles. The van der Waals surface area contributed by atoms with Crippen molar-refractivity contribution in [3.63, 3.8) is 0 Å². The van der Waals surface area contributed by atoms with E-state index in [1.54, 1.807) is 0 Å². The Labute approximate surface area is 194 Å². The number of aromatic nitrogens is 2. The lowest BCUT2D eigenvalue weighted by Crippen LogP contribution is -2.40. The first-order valence-corrected chi connectivity index (χ1v) is 12.2. The van der Waals surface area contributed by atoms with Gasteiger partial charge in [0.2, 0.25) is 10.0 Å². The van der Waals surface area contributed by atoms with Gasteiger partial charge in [-0.15, -0.1) is 0 Å². The van der Waals surface area contributed by atoms with Crippen molar-refractivity contribution >= 4 is 15.9 Å². The number of hydrogen-bond acceptors (Lipinski definition) is 7. The van der Waals surface area contributed by atoms with E-state index in [9.17, 15) is 13.2 Å². The van der Waals surface area contributed by atoms with Crippen LogP contribution >= 0.6 is 0 Å². The summed E-state index contributed by atoms with van der Waals surface area (Å²) in [4.78, 5) is 13.1. The number of morpholine rings is 1. The zero-order valence-electron chi connectivity index (χ0n) is 19.8. The van der Waals surface area contributed by atoms with Crippen LogP contribution in [0.3, 0.4) is 0 Å². The second-order valence-electron chi connectivity index (χ2n) is 8.15. The van der Waals surface area contributed by atoms with Crippen LogP contribution in [0.4, 0.5) is 0 Å². The van der Waals surface area contributed by atoms with Crippen molar-refractivity contribution in [3.05, 3.63) is 35.2 Å². The molecule has 1 amide bonds. The number of amides is 1. The highest BCUT2D eigenvalue weighted by Crippen LogP contribution is 2.35. The Bertz CT molecular complexity index is 1090. The average molecular weight is 481 g/mol. The van der Waals surface area contributed by atoms with Gasteiger partial charge in [0.05, 0.1) is 43.6 Å². The van der Waals surface area contributed by atoms with E-state index in [0.29, 0.717) is 26.3 Å². The van der Waals surface area contributed by atoms with Crippen LogP contribution in [0.25, 0.3) is 0 Å². The van der Waals surface area contributed by atoms with Crippen molar-refractivity contribution in [1.29, 1.82) is 0 Å². The van der Waals surface area contributed by atoms with Crippen LogP contribution in [0.15, 0.2) is 23.1 Å². The molecule has 1 unspecified atom stereocenters. The van der Waals surface area contributed by atoms with Gasteiger partial charge in [-0.25, -0.2) is 8.42 Å². The van der Waals surface area contributed by atoms with E-state index < -0.39 is 15.9 Å². The first-order chi connectivity index (χ1) is 15.7. The fraction of sp³-hybridized carbons (Fsp3) is 0.545. The largest absolute Gasteiger partial charge is 0.493 e. The molecule has 1 saturated heterocycles. The van der Waals surface area contributed by atoms with Crippen molar-refractivity contribution in [1.82, 2.24) is 19.4 Å². The van der Waals surface area contributed by atoms with Gasteiger partial charge in [-0.2, -0.15) is 9.40 Å². The van der Waals surface area contributed by atoms with Gasteiger partial charge in [0.1, 0.15) is 0 Å². The van der Waals surface area contributed by atoms with Gasteiger partial charge >= 0.3 is 0 Å². The minimum Gasteiger partial charge on any atom is -0.493 e. The van der Waals surface area contributed by atoms with Crippen LogP contribution in [0, 0.1) is 19.8 Å². The zero-order valence-corrected chi connectivity index (χ0v) is 20.6. The van der Waals surface area contributed by atoms with Gasteiger partial charge in [-0.05, 0) is 31.9 Å². The number of aryl methyl sites for hydroxylation is 2. The van der Waals surface area contributed by atoms with E-state index in [1.807, 2.05) is 31.5 Å². The van der Waals surface area contributed by atoms with Crippen LogP contribution < -0.4 is 14.8 Å². The maximum Gasteiger partial charge on any atom is 0.255 e. The molecule has 1 atom stereocenters. The summed E-state index contributed by atoms with van der Waals surface area (Å²) in [5.41, 5.74) is 2.10. The summed E-state index contributed by atoms with van der Waals surface area (Å²) in [7, 11) is -1.01. The monoisotopic (exact) mass is 480 g/mol. The van der Waals surface area contributed by atoms with E-state index in [2.05, 4.69) is 10.4 Å². The average Bonchev–Trinajstić information content (AvgIpc) is 3.13. The third kappa shape index (κ3) is 5.66. The van der Waals surface area contributed by atoms with Crippen molar-refractivity contribution in [3.8, 4) is 11.5 Å². The summed E-state index contributed by atoms with van der Waals surface area (Å²) >= 11 is 0. The molecule has 182 valence electrons. The predicted octanol–water partition coefficient (Wildman–Crippen LogP) is 1.60. The van der Waals surface area contributed by atoms with E-state index in [4.69, 9.17) is 14.2 Å². The van der Waals surface area contributed by atoms with Gasteiger partial charge in [0.25, 0.3) is 5.91 Å². The van der Waals surface area contributed by atoms with E-state index in [1.165, 1.54) is 30.7 Å². The summed E-state index contributed by atoms with van der Waals surface area (Å²) in [5.74, 6) is 0.0132. The second kappa shape index (κ2) is 10.5. The highest BCUT2D eigenvalue weighted by molar-refractivity contribution is 7.89. The number of nitrogens with zero attached hydrogens (tertiary/aromatic N) is 3. The summed E-state index contributed by atoms with van der Waals surface area (Å²) in [5, 5.41) is 7.34. The number of carbonyl (C=O) groups is 1. The Hall–Kier alpha value is -2.63. The van der Waals surface area contributed by atoms with Crippen molar-refractivity contribution in [2.75, 3.05) is 47.1 Å². The standard InChI is InChI=1S/C22H32N4O6S/c1-15(14-26-17(3)10-16(2)24-26)13-23-22(27)19-11-18(12-20(30-4)21(19)31-5)33(28,29)25-6-8-32-9-7-25/h10-12,15H,6-9,13-14H2,1-5H3,(H,23,27). The van der Waals surface area contributed by atoms with E-state index >= 15 is 0 Å². The van der Waals surface area contributed by atoms with E-state index in [-0.39, 0.29) is 41.0 Å². The quantitative estimate of drug-likeness (QED) is 0.580. The Morgan fingerprint density at radius 1 is 1.18 bits per heavy atom. The van der Waals surface area contributed by atoms with Crippen LogP contribution in [-0.2, 0) is 21.3 Å². The summed E-state index contributed by atoms with van der Waals surface area (Å²) < 4.78 is 45.6. The molecular weight excluding hydrogens is 448 g/mol. The number of sulfonamides is 1. The number of nitrogens with one attached hydrogen (secondary N) is 1. The molecule has 0 radical (unpaired) electrons. The SMILES string of the molecule is COc1cc(S(=O)(=O)N2CCOCC2)cc(C(=O)NCC(C)Cn2nc(C)cc2C)c1OC. The minimum absolute atomic E-state index is 0.0251. The van der Waals surface area contributed by atoms with Gasteiger partial charge in [0, 0.05) is 37.9 Å². The van der Waals surface area contributed by atoms with Crippen molar-refractivity contribution in [2.45, 2.75) is 32.2 Å². The minimum atomic E-state index is -3.82. The lowest BCUT2D eigenvalue weighted by molar-refractivity contribution is 0.0730. The highest BCUT2D eigenvalue weighted by atomic mass is 32.2. The number of hydrogen-bond donors (Lipinski definition) is 1. The lowest BCUT2D eigenvalue weighted by Gasteiger charge is -2.26. The van der Waals surface area contributed by atoms with Gasteiger partial charge in [-0.1, -0.05) is 6.92 Å². The third-order valence-corrected chi connectivity index (χ3v) is 7.38. The molecule has 33 heavy (non-hydrogen) atoms. The summed E-state index contributed by atoms with van der Waals surface area (Å²) in [6.45, 7) is 8.11. The molecule has 0 bridgehead atoms. The molecule has 1 aromatic carbocycles. The van der Waals surface area contributed by atoms with Crippen LogP contribution in [0.1, 0.15) is 28.7 Å². The van der Waals surface area contributed by atoms with Crippen LogP contribution in [0.2, 0.25) is 0 Å². The fourth-order valence-corrected chi connectivity index (χ4v) is 5.23. The van der Waals surface area contributed by atoms with Crippen LogP contribution in [0.5, 0.6) is 11.5 Å². The Morgan fingerprint density at radius 2 is 1.88 bits per heavy atom. The Balaban J connectivity index is 1.82. The molecule has 1 aliphatic rings. The molecule has 3 rings (SSSR count). The molecule has 10 nitrogen and oxygen atoms in total. The summed E-state index contributed by atoms with van der Waals surface area (Å²) in [6.07, 6.45) is 0. The van der Waals surface area contributed by atoms with Crippen LogP contribution in [-0.4, -0.2) is 75.5 Å². The molecule has 11 heteroatoms. The molecule has 1 N–H and O–H groups in total. The van der Waals surface area contributed by atoms with Gasteiger partial charge in [0.15, 0.2) is 11.5 Å². The predicted molar refractivity (Wildman–Crippen MR) is 122 cm³/mol. The van der Waals surface area contributed by atoms with Crippen molar-refractivity contribution in [2.24, 2.45) is 5.92 Å². The molecule has 0 spiro atoms. The van der Waals surface area contributed by atoms with Crippen molar-refractivity contribution < 1.29 is 27.4 Å². The highest BCUT2D eigenvalue weighted by Gasteiger charge is 2.30. The molecule has 0 saturated carbocycles. The molecule has 1 aliphatic heterocycles. The first kappa shape index (κ1) is 25.0. The molecule has 2 aromatic rings. The fourth-order valence-electron chi connectivity index (χ4n) is 3.77. The number of benzene rings is 1. The molecule has 1 aromatic heterocycles.